The van der Waals surface area contributed by atoms with Gasteiger partial charge in [-0.2, -0.15) is 0 Å². The molecule has 1 fully saturated rings. The van der Waals surface area contributed by atoms with Gasteiger partial charge < -0.3 is 15.1 Å². The number of hydrogen-bond donors (Lipinski definition) is 1. The normalized spacial score (nSPS) is 17.1. The maximum atomic E-state index is 13.4. The van der Waals surface area contributed by atoms with Gasteiger partial charge in [0.1, 0.15) is 6.67 Å². The number of anilines is 2. The molecule has 4 heteroatoms. The standard InChI is InChI=1S/C17H28FN3/c1-17(2,3)13-19-15-5-6-16(14(11-15)12-18)21-9-7-20(4)8-10-21/h5-6,11,19H,7-10,12-13H2,1-4H3. The summed E-state index contributed by atoms with van der Waals surface area (Å²) in [6.07, 6.45) is 0. The molecule has 0 bridgehead atoms. The highest BCUT2D eigenvalue weighted by atomic mass is 19.1. The van der Waals surface area contributed by atoms with Gasteiger partial charge in [-0.3, -0.25) is 0 Å². The van der Waals surface area contributed by atoms with Crippen LogP contribution in [0.3, 0.4) is 0 Å². The van der Waals surface area contributed by atoms with Crippen molar-refractivity contribution in [2.45, 2.75) is 27.4 Å². The summed E-state index contributed by atoms with van der Waals surface area (Å²) in [4.78, 5) is 4.60. The second-order valence-corrected chi connectivity index (χ2v) is 7.18. The molecule has 1 aliphatic heterocycles. The summed E-state index contributed by atoms with van der Waals surface area (Å²) in [6.45, 7) is 11.1. The smallest absolute Gasteiger partial charge is 0.117 e. The van der Waals surface area contributed by atoms with Crippen LogP contribution in [0.4, 0.5) is 15.8 Å². The Morgan fingerprint density at radius 2 is 1.81 bits per heavy atom. The van der Waals surface area contributed by atoms with E-state index in [2.05, 4.69) is 55.1 Å². The van der Waals surface area contributed by atoms with Crippen molar-refractivity contribution in [2.24, 2.45) is 5.41 Å². The number of nitrogens with one attached hydrogen (secondary N) is 1. The number of nitrogens with zero attached hydrogens (tertiary/aromatic N) is 2. The van der Waals surface area contributed by atoms with Crippen LogP contribution in [0.15, 0.2) is 18.2 Å². The lowest BCUT2D eigenvalue weighted by molar-refractivity contribution is 0.312. The lowest BCUT2D eigenvalue weighted by Gasteiger charge is -2.35. The highest BCUT2D eigenvalue weighted by Crippen LogP contribution is 2.27. The van der Waals surface area contributed by atoms with Crippen LogP contribution < -0.4 is 10.2 Å². The summed E-state index contributed by atoms with van der Waals surface area (Å²) < 4.78 is 13.4. The minimum atomic E-state index is -0.410. The van der Waals surface area contributed by atoms with Crippen LogP contribution in [0.2, 0.25) is 0 Å². The van der Waals surface area contributed by atoms with E-state index in [1.807, 2.05) is 6.07 Å². The summed E-state index contributed by atoms with van der Waals surface area (Å²) in [7, 11) is 2.13. The highest BCUT2D eigenvalue weighted by molar-refractivity contribution is 5.61. The van der Waals surface area contributed by atoms with Gasteiger partial charge >= 0.3 is 0 Å². The molecule has 0 saturated carbocycles. The summed E-state index contributed by atoms with van der Waals surface area (Å²) in [5.74, 6) is 0. The van der Waals surface area contributed by atoms with E-state index in [0.29, 0.717) is 0 Å². The maximum Gasteiger partial charge on any atom is 0.117 e. The van der Waals surface area contributed by atoms with Crippen LogP contribution in [0.25, 0.3) is 0 Å². The van der Waals surface area contributed by atoms with Crippen LogP contribution >= 0.6 is 0 Å². The van der Waals surface area contributed by atoms with Crippen LogP contribution in [0.5, 0.6) is 0 Å². The first-order valence-corrected chi connectivity index (χ1v) is 7.75. The fourth-order valence-electron chi connectivity index (χ4n) is 2.53. The van der Waals surface area contributed by atoms with E-state index < -0.39 is 6.67 Å². The third-order valence-corrected chi connectivity index (χ3v) is 3.89. The first-order valence-electron chi connectivity index (χ1n) is 7.75. The topological polar surface area (TPSA) is 18.5 Å². The van der Waals surface area contributed by atoms with E-state index in [1.165, 1.54) is 0 Å². The third-order valence-electron chi connectivity index (χ3n) is 3.89. The number of benzene rings is 1. The van der Waals surface area contributed by atoms with Crippen LogP contribution in [0, 0.1) is 5.41 Å². The average molecular weight is 293 g/mol. The van der Waals surface area contributed by atoms with E-state index >= 15 is 0 Å². The van der Waals surface area contributed by atoms with Gasteiger partial charge in [-0.15, -0.1) is 0 Å². The monoisotopic (exact) mass is 293 g/mol. The molecule has 0 spiro atoms. The molecule has 2 rings (SSSR count). The maximum absolute atomic E-state index is 13.4. The van der Waals surface area contributed by atoms with Gasteiger partial charge in [0.05, 0.1) is 0 Å². The Kier molecular flexibility index (Phi) is 5.09. The zero-order chi connectivity index (χ0) is 15.5. The molecule has 1 N–H and O–H groups in total. The number of likely N-dealkylation sites (N-methyl/N-ethyl adjacent to an activating group) is 1. The molecule has 0 aromatic heterocycles. The molecule has 3 nitrogen and oxygen atoms in total. The minimum absolute atomic E-state index is 0.214. The minimum Gasteiger partial charge on any atom is -0.385 e. The van der Waals surface area contributed by atoms with Crippen molar-refractivity contribution in [1.82, 2.24) is 4.90 Å². The van der Waals surface area contributed by atoms with Crippen molar-refractivity contribution in [3.63, 3.8) is 0 Å². The Morgan fingerprint density at radius 3 is 2.38 bits per heavy atom. The van der Waals surface area contributed by atoms with Crippen molar-refractivity contribution in [1.29, 1.82) is 0 Å². The van der Waals surface area contributed by atoms with Crippen molar-refractivity contribution in [3.05, 3.63) is 23.8 Å². The van der Waals surface area contributed by atoms with E-state index in [0.717, 1.165) is 49.7 Å². The number of rotatable bonds is 4. The lowest BCUT2D eigenvalue weighted by Crippen LogP contribution is -2.44. The molecule has 21 heavy (non-hydrogen) atoms. The summed E-state index contributed by atoms with van der Waals surface area (Å²) in [6, 6.07) is 6.09. The van der Waals surface area contributed by atoms with Crippen LogP contribution in [-0.4, -0.2) is 44.7 Å². The molecule has 1 heterocycles. The molecular formula is C17H28FN3. The van der Waals surface area contributed by atoms with E-state index in [-0.39, 0.29) is 5.41 Å². The fourth-order valence-corrected chi connectivity index (χ4v) is 2.53. The van der Waals surface area contributed by atoms with E-state index in [1.54, 1.807) is 0 Å². The fraction of sp³-hybridized carbons (Fsp3) is 0.647. The quantitative estimate of drug-likeness (QED) is 0.918. The van der Waals surface area contributed by atoms with Gasteiger partial charge in [0.25, 0.3) is 0 Å². The van der Waals surface area contributed by atoms with E-state index in [9.17, 15) is 4.39 Å². The SMILES string of the molecule is CN1CCN(c2ccc(NCC(C)(C)C)cc2CF)CC1. The lowest BCUT2D eigenvalue weighted by atomic mass is 9.97. The zero-order valence-corrected chi connectivity index (χ0v) is 13.7. The summed E-state index contributed by atoms with van der Waals surface area (Å²) in [5.41, 5.74) is 3.06. The number of halogens is 1. The average Bonchev–Trinajstić information content (AvgIpc) is 2.45. The highest BCUT2D eigenvalue weighted by Gasteiger charge is 2.17. The number of piperazine rings is 1. The van der Waals surface area contributed by atoms with Crippen molar-refractivity contribution >= 4 is 11.4 Å². The Labute approximate surface area is 128 Å². The zero-order valence-electron chi connectivity index (χ0n) is 13.7. The molecule has 1 aromatic carbocycles. The van der Waals surface area contributed by atoms with Gasteiger partial charge in [-0.1, -0.05) is 20.8 Å². The predicted octanol–water partition coefficient (Wildman–Crippen LogP) is 3.37. The van der Waals surface area contributed by atoms with Crippen molar-refractivity contribution in [3.8, 4) is 0 Å². The van der Waals surface area contributed by atoms with Gasteiger partial charge in [0.15, 0.2) is 0 Å². The molecule has 0 radical (unpaired) electrons. The molecule has 0 atom stereocenters. The van der Waals surface area contributed by atoms with Crippen LogP contribution in [-0.2, 0) is 6.67 Å². The third kappa shape index (κ3) is 4.60. The second-order valence-electron chi connectivity index (χ2n) is 7.18. The molecule has 118 valence electrons. The largest absolute Gasteiger partial charge is 0.385 e. The second kappa shape index (κ2) is 6.65. The Bertz CT molecular complexity index is 460. The Morgan fingerprint density at radius 1 is 1.14 bits per heavy atom. The van der Waals surface area contributed by atoms with Gasteiger partial charge in [0, 0.05) is 49.7 Å². The summed E-state index contributed by atoms with van der Waals surface area (Å²) >= 11 is 0. The Hall–Kier alpha value is -1.29. The Balaban J connectivity index is 2.09. The molecule has 1 aliphatic rings. The van der Waals surface area contributed by atoms with E-state index in [4.69, 9.17) is 0 Å². The molecular weight excluding hydrogens is 265 g/mol. The van der Waals surface area contributed by atoms with Gasteiger partial charge in [-0.25, -0.2) is 4.39 Å². The summed E-state index contributed by atoms with van der Waals surface area (Å²) in [5, 5.41) is 3.40. The number of hydrogen-bond acceptors (Lipinski definition) is 3. The molecule has 0 aliphatic carbocycles. The molecule has 0 amide bonds. The van der Waals surface area contributed by atoms with Crippen molar-refractivity contribution in [2.75, 3.05) is 50.0 Å². The molecule has 0 unspecified atom stereocenters. The molecule has 1 saturated heterocycles. The van der Waals surface area contributed by atoms with Crippen molar-refractivity contribution < 1.29 is 4.39 Å². The molecule has 1 aromatic rings. The number of alkyl halides is 1. The van der Waals surface area contributed by atoms with Gasteiger partial charge in [0.2, 0.25) is 0 Å². The first kappa shape index (κ1) is 16.1. The first-order chi connectivity index (χ1) is 9.89. The van der Waals surface area contributed by atoms with Gasteiger partial charge in [-0.05, 0) is 30.7 Å². The van der Waals surface area contributed by atoms with Crippen LogP contribution in [0.1, 0.15) is 26.3 Å². The predicted molar refractivity (Wildman–Crippen MR) is 88.9 cm³/mol.